The number of aromatic nitrogens is 2. The quantitative estimate of drug-likeness (QED) is 0.409. The van der Waals surface area contributed by atoms with Gasteiger partial charge in [-0.1, -0.05) is 41.4 Å². The van der Waals surface area contributed by atoms with E-state index in [0.717, 1.165) is 30.6 Å². The summed E-state index contributed by atoms with van der Waals surface area (Å²) >= 11 is 7.37. The maximum absolute atomic E-state index is 13.4. The molecule has 0 saturated carbocycles. The van der Waals surface area contributed by atoms with Gasteiger partial charge in [0, 0.05) is 23.8 Å². The van der Waals surface area contributed by atoms with Crippen LogP contribution in [-0.2, 0) is 11.3 Å². The number of anilines is 2. The van der Waals surface area contributed by atoms with E-state index >= 15 is 0 Å². The Labute approximate surface area is 206 Å². The Morgan fingerprint density at radius 2 is 1.91 bits per heavy atom. The van der Waals surface area contributed by atoms with E-state index in [1.807, 2.05) is 30.5 Å². The lowest BCUT2D eigenvalue weighted by Crippen LogP contribution is -2.43. The van der Waals surface area contributed by atoms with Crippen LogP contribution in [0, 0.1) is 12.8 Å². The third-order valence-corrected chi connectivity index (χ3v) is 7.34. The molecule has 1 aliphatic heterocycles. The molecule has 0 radical (unpaired) electrons. The Balaban J connectivity index is 1.44. The molecular formula is C26H25ClN4O2S. The fourth-order valence-corrected chi connectivity index (χ4v) is 5.25. The summed E-state index contributed by atoms with van der Waals surface area (Å²) in [6.45, 7) is 3.74. The number of rotatable bonds is 5. The highest BCUT2D eigenvalue weighted by molar-refractivity contribution is 7.17. The number of piperidine rings is 1. The van der Waals surface area contributed by atoms with Gasteiger partial charge < -0.3 is 10.2 Å². The summed E-state index contributed by atoms with van der Waals surface area (Å²) in [4.78, 5) is 33.4. The predicted octanol–water partition coefficient (Wildman–Crippen LogP) is 5.32. The van der Waals surface area contributed by atoms with Crippen LogP contribution >= 0.6 is 22.9 Å². The minimum Gasteiger partial charge on any atom is -0.341 e. The Morgan fingerprint density at radius 3 is 2.68 bits per heavy atom. The molecule has 174 valence electrons. The number of hydrogen-bond donors (Lipinski definition) is 1. The van der Waals surface area contributed by atoms with Crippen molar-refractivity contribution in [2.75, 3.05) is 23.3 Å². The van der Waals surface area contributed by atoms with Gasteiger partial charge in [0.05, 0.1) is 18.0 Å². The van der Waals surface area contributed by atoms with Crippen molar-refractivity contribution in [3.63, 3.8) is 0 Å². The normalized spacial score (nSPS) is 16.1. The molecule has 8 heteroatoms. The molecule has 1 N–H and O–H groups in total. The summed E-state index contributed by atoms with van der Waals surface area (Å²) in [7, 11) is 0. The highest BCUT2D eigenvalue weighted by Gasteiger charge is 2.29. The first-order valence-electron chi connectivity index (χ1n) is 11.3. The molecule has 1 saturated heterocycles. The maximum atomic E-state index is 13.4. The Morgan fingerprint density at radius 1 is 1.15 bits per heavy atom. The minimum atomic E-state index is -0.202. The van der Waals surface area contributed by atoms with Crippen molar-refractivity contribution in [1.29, 1.82) is 0 Å². The molecule has 0 spiro atoms. The highest BCUT2D eigenvalue weighted by atomic mass is 35.5. The zero-order chi connectivity index (χ0) is 23.7. The van der Waals surface area contributed by atoms with Gasteiger partial charge in [0.25, 0.3) is 5.56 Å². The molecule has 1 unspecified atom stereocenters. The summed E-state index contributed by atoms with van der Waals surface area (Å²) in [5, 5.41) is 5.52. The van der Waals surface area contributed by atoms with Crippen LogP contribution < -0.4 is 15.8 Å². The van der Waals surface area contributed by atoms with E-state index in [2.05, 4.69) is 22.3 Å². The van der Waals surface area contributed by atoms with Crippen LogP contribution in [0.15, 0.2) is 64.8 Å². The second-order valence-electron chi connectivity index (χ2n) is 8.70. The second-order valence-corrected chi connectivity index (χ2v) is 10.1. The number of aryl methyl sites for hydroxylation is 1. The Kier molecular flexibility index (Phi) is 6.39. The SMILES string of the molecule is Cc1ccc(Cn2c(N3CCCC(C(=O)Nc4ccc(Cl)cc4)C3)nc3ccsc3c2=O)cc1. The van der Waals surface area contributed by atoms with Crippen LogP contribution in [0.3, 0.4) is 0 Å². The Bertz CT molecular complexity index is 1380. The molecule has 0 bridgehead atoms. The third-order valence-electron chi connectivity index (χ3n) is 6.19. The lowest BCUT2D eigenvalue weighted by atomic mass is 9.97. The summed E-state index contributed by atoms with van der Waals surface area (Å²) in [5.41, 5.74) is 3.61. The third kappa shape index (κ3) is 4.72. The molecule has 0 aliphatic carbocycles. The molecule has 3 heterocycles. The summed E-state index contributed by atoms with van der Waals surface area (Å²) in [6, 6.07) is 17.2. The number of amides is 1. The van der Waals surface area contributed by atoms with E-state index in [-0.39, 0.29) is 17.4 Å². The summed E-state index contributed by atoms with van der Waals surface area (Å²) < 4.78 is 2.41. The Hall–Kier alpha value is -3.16. The van der Waals surface area contributed by atoms with Gasteiger partial charge in [-0.25, -0.2) is 4.98 Å². The topological polar surface area (TPSA) is 67.2 Å². The van der Waals surface area contributed by atoms with Crippen LogP contribution in [0.4, 0.5) is 11.6 Å². The van der Waals surface area contributed by atoms with E-state index < -0.39 is 0 Å². The van der Waals surface area contributed by atoms with Gasteiger partial charge in [0.1, 0.15) is 4.70 Å². The maximum Gasteiger partial charge on any atom is 0.273 e. The number of thiophene rings is 1. The number of fused-ring (bicyclic) bond motifs is 1. The summed E-state index contributed by atoms with van der Waals surface area (Å²) in [5.74, 6) is 0.392. The van der Waals surface area contributed by atoms with E-state index in [0.29, 0.717) is 34.3 Å². The first kappa shape index (κ1) is 22.6. The largest absolute Gasteiger partial charge is 0.341 e. The molecule has 34 heavy (non-hydrogen) atoms. The molecule has 1 aliphatic rings. The lowest BCUT2D eigenvalue weighted by molar-refractivity contribution is -0.120. The second kappa shape index (κ2) is 9.60. The monoisotopic (exact) mass is 492 g/mol. The number of halogens is 1. The van der Waals surface area contributed by atoms with E-state index in [9.17, 15) is 9.59 Å². The van der Waals surface area contributed by atoms with Gasteiger partial charge in [-0.2, -0.15) is 0 Å². The molecule has 1 atom stereocenters. The van der Waals surface area contributed by atoms with Crippen molar-refractivity contribution >= 4 is 50.7 Å². The standard InChI is InChI=1S/C26H25ClN4O2S/c1-17-4-6-18(7-5-17)15-31-25(33)23-22(12-14-34-23)29-26(31)30-13-2-3-19(16-30)24(32)28-21-10-8-20(27)9-11-21/h4-12,14,19H,2-3,13,15-16H2,1H3,(H,28,32). The molecule has 2 aromatic heterocycles. The number of nitrogens with zero attached hydrogens (tertiary/aromatic N) is 3. The zero-order valence-electron chi connectivity index (χ0n) is 18.8. The molecule has 2 aromatic carbocycles. The molecule has 1 fully saturated rings. The van der Waals surface area contributed by atoms with E-state index in [1.165, 1.54) is 16.9 Å². The number of hydrogen-bond acceptors (Lipinski definition) is 5. The van der Waals surface area contributed by atoms with Crippen molar-refractivity contribution < 1.29 is 4.79 Å². The van der Waals surface area contributed by atoms with Crippen LogP contribution in [0.5, 0.6) is 0 Å². The van der Waals surface area contributed by atoms with Gasteiger partial charge in [-0.05, 0) is 61.0 Å². The number of carbonyl (C=O) groups is 1. The predicted molar refractivity (Wildman–Crippen MR) is 139 cm³/mol. The first-order chi connectivity index (χ1) is 16.5. The first-order valence-corrected chi connectivity index (χ1v) is 12.6. The molecular weight excluding hydrogens is 468 g/mol. The van der Waals surface area contributed by atoms with E-state index in [4.69, 9.17) is 16.6 Å². The van der Waals surface area contributed by atoms with Crippen LogP contribution in [-0.4, -0.2) is 28.5 Å². The zero-order valence-corrected chi connectivity index (χ0v) is 20.4. The highest BCUT2D eigenvalue weighted by Crippen LogP contribution is 2.26. The lowest BCUT2D eigenvalue weighted by Gasteiger charge is -2.34. The van der Waals surface area contributed by atoms with Gasteiger partial charge >= 0.3 is 0 Å². The molecule has 1 amide bonds. The van der Waals surface area contributed by atoms with Crippen LogP contribution in [0.1, 0.15) is 24.0 Å². The number of carbonyl (C=O) groups excluding carboxylic acids is 1. The van der Waals surface area contributed by atoms with Crippen molar-refractivity contribution in [2.45, 2.75) is 26.3 Å². The van der Waals surface area contributed by atoms with Crippen molar-refractivity contribution in [3.8, 4) is 0 Å². The molecule has 5 rings (SSSR count). The minimum absolute atomic E-state index is 0.0314. The van der Waals surface area contributed by atoms with Gasteiger partial charge in [0.2, 0.25) is 11.9 Å². The number of benzene rings is 2. The van der Waals surface area contributed by atoms with E-state index in [1.54, 1.807) is 28.8 Å². The van der Waals surface area contributed by atoms with Crippen LogP contribution in [0.2, 0.25) is 5.02 Å². The average molecular weight is 493 g/mol. The van der Waals surface area contributed by atoms with Gasteiger partial charge in [-0.3, -0.25) is 14.2 Å². The van der Waals surface area contributed by atoms with Crippen LogP contribution in [0.25, 0.3) is 10.2 Å². The van der Waals surface area contributed by atoms with Crippen molar-refractivity contribution in [1.82, 2.24) is 9.55 Å². The van der Waals surface area contributed by atoms with Crippen molar-refractivity contribution in [3.05, 3.63) is 86.5 Å². The number of nitrogens with one attached hydrogen (secondary N) is 1. The smallest absolute Gasteiger partial charge is 0.273 e. The van der Waals surface area contributed by atoms with Crippen molar-refractivity contribution in [2.24, 2.45) is 5.92 Å². The fourth-order valence-electron chi connectivity index (χ4n) is 4.34. The van der Waals surface area contributed by atoms with Gasteiger partial charge in [-0.15, -0.1) is 11.3 Å². The summed E-state index contributed by atoms with van der Waals surface area (Å²) in [6.07, 6.45) is 1.64. The molecule has 4 aromatic rings. The average Bonchev–Trinajstić information content (AvgIpc) is 3.33. The molecule has 6 nitrogen and oxygen atoms in total. The van der Waals surface area contributed by atoms with Gasteiger partial charge in [0.15, 0.2) is 0 Å². The fraction of sp³-hybridized carbons (Fsp3) is 0.269.